The van der Waals surface area contributed by atoms with Crippen molar-refractivity contribution >= 4 is 17.6 Å². The largest absolute Gasteiger partial charge is 0.385 e. The molecule has 1 aliphatic carbocycles. The summed E-state index contributed by atoms with van der Waals surface area (Å²) in [6.07, 6.45) is 9.81. The average molecular weight is 345 g/mol. The second kappa shape index (κ2) is 8.66. The van der Waals surface area contributed by atoms with E-state index < -0.39 is 0 Å². The second-order valence-corrected chi connectivity index (χ2v) is 7.72. The van der Waals surface area contributed by atoms with Crippen LogP contribution in [-0.2, 0) is 0 Å². The van der Waals surface area contributed by atoms with E-state index in [9.17, 15) is 0 Å². The van der Waals surface area contributed by atoms with Crippen molar-refractivity contribution in [3.8, 4) is 0 Å². The summed E-state index contributed by atoms with van der Waals surface area (Å²) >= 11 is 0. The molecule has 1 N–H and O–H groups in total. The van der Waals surface area contributed by atoms with Gasteiger partial charge in [-0.2, -0.15) is 0 Å². The van der Waals surface area contributed by atoms with Gasteiger partial charge in [0.15, 0.2) is 0 Å². The van der Waals surface area contributed by atoms with Gasteiger partial charge in [-0.15, -0.1) is 0 Å². The van der Waals surface area contributed by atoms with E-state index in [0.717, 1.165) is 31.5 Å². The Morgan fingerprint density at radius 2 is 1.65 bits per heavy atom. The summed E-state index contributed by atoms with van der Waals surface area (Å²) in [5, 5.41) is 3.51. The Kier molecular flexibility index (Phi) is 6.06. The predicted molar refractivity (Wildman–Crippen MR) is 113 cm³/mol. The summed E-state index contributed by atoms with van der Waals surface area (Å²) in [6.45, 7) is 5.68. The van der Waals surface area contributed by atoms with E-state index in [0.29, 0.717) is 5.41 Å². The molecule has 2 aromatic rings. The number of hydrogen-bond donors (Lipinski definition) is 1. The summed E-state index contributed by atoms with van der Waals surface area (Å²) in [5.74, 6) is 0. The fourth-order valence-corrected chi connectivity index (χ4v) is 3.52. The van der Waals surface area contributed by atoms with E-state index in [1.807, 2.05) is 42.6 Å². The Labute approximate surface area is 157 Å². The van der Waals surface area contributed by atoms with E-state index >= 15 is 0 Å². The number of rotatable bonds is 6. The van der Waals surface area contributed by atoms with E-state index in [2.05, 4.69) is 60.6 Å². The van der Waals surface area contributed by atoms with Crippen molar-refractivity contribution in [3.63, 3.8) is 0 Å². The molecule has 26 heavy (non-hydrogen) atoms. The van der Waals surface area contributed by atoms with Crippen LogP contribution in [0.25, 0.3) is 0 Å². The van der Waals surface area contributed by atoms with Gasteiger partial charge in [0, 0.05) is 18.4 Å². The highest BCUT2D eigenvalue weighted by Gasteiger charge is 2.24. The summed E-state index contributed by atoms with van der Waals surface area (Å²) in [5.41, 5.74) is 5.38. The molecular formula is C24H28N2. The lowest BCUT2D eigenvalue weighted by atomic mass is 9.74. The van der Waals surface area contributed by atoms with Crippen LogP contribution in [0.1, 0.15) is 33.1 Å². The fourth-order valence-electron chi connectivity index (χ4n) is 3.52. The van der Waals surface area contributed by atoms with Crippen molar-refractivity contribution in [1.29, 1.82) is 0 Å². The molecule has 3 rings (SSSR count). The predicted octanol–water partition coefficient (Wildman–Crippen LogP) is 6.56. The van der Waals surface area contributed by atoms with Gasteiger partial charge in [-0.25, -0.2) is 0 Å². The number of hydrogen-bond acceptors (Lipinski definition) is 2. The first-order valence-corrected chi connectivity index (χ1v) is 9.37. The van der Waals surface area contributed by atoms with Crippen LogP contribution in [0, 0.1) is 5.41 Å². The second-order valence-electron chi connectivity index (χ2n) is 7.72. The number of aliphatic imine (C=N–C) groups is 1. The molecule has 0 radical (unpaired) electrons. The number of nitrogens with zero attached hydrogens (tertiary/aromatic N) is 1. The van der Waals surface area contributed by atoms with Gasteiger partial charge in [-0.05, 0) is 60.6 Å². The lowest BCUT2D eigenvalue weighted by Gasteiger charge is -2.31. The van der Waals surface area contributed by atoms with Gasteiger partial charge in [0.2, 0.25) is 0 Å². The fraction of sp³-hybridized carbons (Fsp3) is 0.292. The summed E-state index contributed by atoms with van der Waals surface area (Å²) in [7, 11) is 0. The first-order valence-electron chi connectivity index (χ1n) is 9.37. The van der Waals surface area contributed by atoms with Crippen molar-refractivity contribution in [2.75, 3.05) is 11.9 Å². The molecule has 0 unspecified atom stereocenters. The maximum absolute atomic E-state index is 4.53. The van der Waals surface area contributed by atoms with Crippen LogP contribution in [0.5, 0.6) is 0 Å². The van der Waals surface area contributed by atoms with E-state index in [4.69, 9.17) is 0 Å². The van der Waals surface area contributed by atoms with E-state index in [-0.39, 0.29) is 0 Å². The van der Waals surface area contributed by atoms with Gasteiger partial charge >= 0.3 is 0 Å². The van der Waals surface area contributed by atoms with Crippen LogP contribution >= 0.6 is 0 Å². The van der Waals surface area contributed by atoms with Gasteiger partial charge in [-0.1, -0.05) is 61.9 Å². The zero-order valence-corrected chi connectivity index (χ0v) is 15.8. The quantitative estimate of drug-likeness (QED) is 0.589. The number of benzene rings is 2. The Morgan fingerprint density at radius 3 is 2.38 bits per heavy atom. The molecule has 2 nitrogen and oxygen atoms in total. The first kappa shape index (κ1) is 18.2. The third-order valence-electron chi connectivity index (χ3n) is 4.60. The summed E-state index contributed by atoms with van der Waals surface area (Å²) in [4.78, 5) is 4.53. The van der Waals surface area contributed by atoms with E-state index in [1.54, 1.807) is 0 Å². The molecule has 0 aliphatic heterocycles. The molecule has 0 heterocycles. The molecule has 0 saturated heterocycles. The molecule has 134 valence electrons. The SMILES string of the molecule is CC1(C)CC(CCNc2ccccc2)=C/C(=C/C=Nc2ccccc2)C1. The molecule has 0 saturated carbocycles. The summed E-state index contributed by atoms with van der Waals surface area (Å²) < 4.78 is 0. The molecule has 2 heteroatoms. The Morgan fingerprint density at radius 1 is 0.962 bits per heavy atom. The van der Waals surface area contributed by atoms with Crippen LogP contribution < -0.4 is 5.32 Å². The number of anilines is 1. The first-order chi connectivity index (χ1) is 12.6. The van der Waals surface area contributed by atoms with Crippen LogP contribution in [-0.4, -0.2) is 12.8 Å². The monoisotopic (exact) mass is 344 g/mol. The Hall–Kier alpha value is -2.61. The molecule has 0 atom stereocenters. The van der Waals surface area contributed by atoms with Gasteiger partial charge in [0.25, 0.3) is 0 Å². The third-order valence-corrected chi connectivity index (χ3v) is 4.60. The minimum absolute atomic E-state index is 0.309. The number of nitrogens with one attached hydrogen (secondary N) is 1. The molecule has 1 aliphatic rings. The van der Waals surface area contributed by atoms with Gasteiger partial charge in [-0.3, -0.25) is 4.99 Å². The minimum atomic E-state index is 0.309. The maximum atomic E-state index is 4.53. The average Bonchev–Trinajstić information content (AvgIpc) is 2.62. The van der Waals surface area contributed by atoms with Gasteiger partial charge < -0.3 is 5.32 Å². The highest BCUT2D eigenvalue weighted by Crippen LogP contribution is 2.38. The number of allylic oxidation sites excluding steroid dienone is 3. The highest BCUT2D eigenvalue weighted by atomic mass is 14.9. The topological polar surface area (TPSA) is 24.4 Å². The van der Waals surface area contributed by atoms with Gasteiger partial charge in [0.1, 0.15) is 0 Å². The van der Waals surface area contributed by atoms with Crippen molar-refractivity contribution in [2.24, 2.45) is 10.4 Å². The summed E-state index contributed by atoms with van der Waals surface area (Å²) in [6, 6.07) is 20.5. The Balaban J connectivity index is 1.63. The van der Waals surface area contributed by atoms with Crippen LogP contribution in [0.4, 0.5) is 11.4 Å². The lowest BCUT2D eigenvalue weighted by Crippen LogP contribution is -2.18. The van der Waals surface area contributed by atoms with Gasteiger partial charge in [0.05, 0.1) is 5.69 Å². The van der Waals surface area contributed by atoms with Crippen molar-refractivity contribution < 1.29 is 0 Å². The molecule has 2 aromatic carbocycles. The molecule has 0 aromatic heterocycles. The number of para-hydroxylation sites is 2. The van der Waals surface area contributed by atoms with Crippen LogP contribution in [0.15, 0.2) is 89.0 Å². The maximum Gasteiger partial charge on any atom is 0.0629 e. The minimum Gasteiger partial charge on any atom is -0.385 e. The lowest BCUT2D eigenvalue weighted by molar-refractivity contribution is 0.347. The Bertz CT molecular complexity index is 783. The molecule has 0 fully saturated rings. The molecule has 0 amide bonds. The zero-order chi connectivity index (χ0) is 18.2. The molecular weight excluding hydrogens is 316 g/mol. The molecule has 0 bridgehead atoms. The van der Waals surface area contributed by atoms with Crippen molar-refractivity contribution in [2.45, 2.75) is 33.1 Å². The van der Waals surface area contributed by atoms with Crippen molar-refractivity contribution in [3.05, 3.63) is 84.0 Å². The standard InChI is InChI=1S/C24H28N2/c1-24(2)18-20(13-15-25-22-9-5-3-6-10-22)17-21(19-24)14-16-26-23-11-7-4-8-12-23/h3-13,15,17,26H,14,16,18-19H2,1-2H3/b20-13-,25-15?. The third kappa shape index (κ3) is 5.73. The zero-order valence-electron chi connectivity index (χ0n) is 15.8. The highest BCUT2D eigenvalue weighted by molar-refractivity contribution is 5.76. The van der Waals surface area contributed by atoms with Crippen molar-refractivity contribution in [1.82, 2.24) is 0 Å². The van der Waals surface area contributed by atoms with Crippen LogP contribution in [0.2, 0.25) is 0 Å². The molecule has 0 spiro atoms. The van der Waals surface area contributed by atoms with E-state index in [1.165, 1.54) is 16.8 Å². The normalized spacial score (nSPS) is 18.1. The van der Waals surface area contributed by atoms with Crippen LogP contribution in [0.3, 0.4) is 0 Å². The smallest absolute Gasteiger partial charge is 0.0629 e.